The lowest BCUT2D eigenvalue weighted by Crippen LogP contribution is -2.57. The zero-order chi connectivity index (χ0) is 27.4. The minimum atomic E-state index is -5.08. The monoisotopic (exact) mass is 519 g/mol. The van der Waals surface area contributed by atoms with Crippen molar-refractivity contribution < 1.29 is 50.9 Å². The maximum absolute atomic E-state index is 12.1. The molecule has 200 valence electrons. The van der Waals surface area contributed by atoms with Crippen molar-refractivity contribution in [2.45, 2.75) is 44.2 Å². The second kappa shape index (κ2) is 11.1. The number of aliphatic carboxylic acids is 2. The van der Waals surface area contributed by atoms with Gasteiger partial charge >= 0.3 is 30.3 Å². The van der Waals surface area contributed by atoms with E-state index >= 15 is 0 Å². The highest BCUT2D eigenvalue weighted by Crippen LogP contribution is 2.40. The summed E-state index contributed by atoms with van der Waals surface area (Å²) in [4.78, 5) is 40.7. The highest BCUT2D eigenvalue weighted by atomic mass is 19.4. The van der Waals surface area contributed by atoms with Gasteiger partial charge in [-0.1, -0.05) is 0 Å². The van der Waals surface area contributed by atoms with Crippen LogP contribution in [0.25, 0.3) is 0 Å². The van der Waals surface area contributed by atoms with Gasteiger partial charge < -0.3 is 24.6 Å². The Morgan fingerprint density at radius 1 is 0.943 bits per heavy atom. The number of halogens is 6. The Balaban J connectivity index is 0.000000362. The largest absolute Gasteiger partial charge is 0.490 e. The van der Waals surface area contributed by atoms with Crippen LogP contribution >= 0.6 is 0 Å². The SMILES string of the molecule is Cc1cnc2n1CCN(C)C21CCN(C(=O)N(C)C)CC1.O=C(O)C(F)(F)F.O=C(O)C(F)(F)F. The number of likely N-dealkylation sites (tertiary alicyclic amines) is 1. The third-order valence-corrected chi connectivity index (χ3v) is 5.59. The van der Waals surface area contributed by atoms with Crippen molar-refractivity contribution in [1.82, 2.24) is 24.3 Å². The van der Waals surface area contributed by atoms with E-state index in [4.69, 9.17) is 24.8 Å². The third-order valence-electron chi connectivity index (χ3n) is 5.59. The average Bonchev–Trinajstić information content (AvgIpc) is 3.12. The van der Waals surface area contributed by atoms with E-state index in [0.29, 0.717) is 0 Å². The lowest BCUT2D eigenvalue weighted by atomic mass is 9.83. The van der Waals surface area contributed by atoms with E-state index in [1.807, 2.05) is 25.2 Å². The summed E-state index contributed by atoms with van der Waals surface area (Å²) < 4.78 is 65.8. The number of aryl methyl sites for hydroxylation is 1. The molecule has 1 saturated heterocycles. The van der Waals surface area contributed by atoms with Gasteiger partial charge in [0.05, 0.1) is 5.54 Å². The molecular weight excluding hydrogens is 492 g/mol. The summed E-state index contributed by atoms with van der Waals surface area (Å²) in [5.74, 6) is -4.33. The van der Waals surface area contributed by atoms with Crippen molar-refractivity contribution in [2.24, 2.45) is 0 Å². The van der Waals surface area contributed by atoms with Crippen LogP contribution in [0.5, 0.6) is 0 Å². The van der Waals surface area contributed by atoms with Gasteiger partial charge in [-0.3, -0.25) is 4.90 Å². The molecule has 0 bridgehead atoms. The van der Waals surface area contributed by atoms with E-state index in [1.54, 1.807) is 4.90 Å². The van der Waals surface area contributed by atoms with Crippen LogP contribution in [0, 0.1) is 6.92 Å². The number of carbonyl (C=O) groups is 3. The van der Waals surface area contributed by atoms with Crippen molar-refractivity contribution in [3.8, 4) is 0 Å². The average molecular weight is 519 g/mol. The summed E-state index contributed by atoms with van der Waals surface area (Å²) >= 11 is 0. The van der Waals surface area contributed by atoms with Gasteiger partial charge in [0.2, 0.25) is 0 Å². The fourth-order valence-electron chi connectivity index (χ4n) is 3.71. The number of rotatable bonds is 0. The molecule has 1 aromatic heterocycles. The summed E-state index contributed by atoms with van der Waals surface area (Å²) in [6.07, 6.45) is -6.27. The van der Waals surface area contributed by atoms with E-state index in [2.05, 4.69) is 23.4 Å². The molecule has 2 aliphatic rings. The number of amides is 2. The number of fused-ring (bicyclic) bond motifs is 2. The number of hydrogen-bond acceptors (Lipinski definition) is 5. The minimum absolute atomic E-state index is 0.00436. The third kappa shape index (κ3) is 7.47. The number of likely N-dealkylation sites (N-methyl/N-ethyl adjacent to an activating group) is 1. The second-order valence-electron chi connectivity index (χ2n) is 8.10. The molecule has 0 saturated carbocycles. The molecule has 1 fully saturated rings. The standard InChI is InChI=1S/C15H25N5O.2C2HF3O2/c1-12-11-16-13-15(18(4)9-10-20(12)13)5-7-19(8-6-15)14(21)17(2)3;2*3-2(4,5)1(6)7/h11H,5-10H2,1-4H3;2*(H,6,7). The van der Waals surface area contributed by atoms with Crippen molar-refractivity contribution in [3.63, 3.8) is 0 Å². The van der Waals surface area contributed by atoms with Gasteiger partial charge in [-0.2, -0.15) is 26.3 Å². The molecule has 2 aliphatic heterocycles. The zero-order valence-electron chi connectivity index (χ0n) is 19.4. The van der Waals surface area contributed by atoms with Crippen LogP contribution in [0.1, 0.15) is 24.4 Å². The first kappa shape index (κ1) is 30.0. The summed E-state index contributed by atoms with van der Waals surface area (Å²) in [5, 5.41) is 14.2. The maximum Gasteiger partial charge on any atom is 0.490 e. The smallest absolute Gasteiger partial charge is 0.475 e. The van der Waals surface area contributed by atoms with Crippen molar-refractivity contribution in [3.05, 3.63) is 17.7 Å². The van der Waals surface area contributed by atoms with Gasteiger partial charge in [0.25, 0.3) is 0 Å². The predicted octanol–water partition coefficient (Wildman–Crippen LogP) is 2.38. The first-order valence-electron chi connectivity index (χ1n) is 10.1. The number of carboxylic acid groups (broad SMARTS) is 2. The fraction of sp³-hybridized carbons (Fsp3) is 0.684. The summed E-state index contributed by atoms with van der Waals surface area (Å²) in [5.41, 5.74) is 1.24. The second-order valence-corrected chi connectivity index (χ2v) is 8.10. The topological polar surface area (TPSA) is 119 Å². The van der Waals surface area contributed by atoms with Crippen molar-refractivity contribution in [1.29, 1.82) is 0 Å². The fourth-order valence-corrected chi connectivity index (χ4v) is 3.71. The molecule has 0 aromatic carbocycles. The lowest BCUT2D eigenvalue weighted by Gasteiger charge is -2.49. The first-order valence-corrected chi connectivity index (χ1v) is 10.1. The number of aromatic nitrogens is 2. The van der Waals surface area contributed by atoms with Crippen LogP contribution in [0.4, 0.5) is 31.1 Å². The highest BCUT2D eigenvalue weighted by molar-refractivity contribution is 5.74. The molecule has 16 heteroatoms. The van der Waals surface area contributed by atoms with Crippen LogP contribution in [0.15, 0.2) is 6.20 Å². The van der Waals surface area contributed by atoms with E-state index in [9.17, 15) is 31.1 Å². The number of alkyl halides is 6. The molecule has 0 radical (unpaired) electrons. The molecule has 2 N–H and O–H groups in total. The first-order chi connectivity index (χ1) is 15.8. The van der Waals surface area contributed by atoms with Crippen LogP contribution in [-0.2, 0) is 21.7 Å². The molecule has 0 aliphatic carbocycles. The Hall–Kier alpha value is -3.04. The van der Waals surface area contributed by atoms with Gasteiger partial charge in [0.1, 0.15) is 5.82 Å². The molecule has 0 unspecified atom stereocenters. The summed E-state index contributed by atoms with van der Waals surface area (Å²) in [7, 11) is 5.82. The Labute approximate surface area is 196 Å². The van der Waals surface area contributed by atoms with Crippen molar-refractivity contribution >= 4 is 18.0 Å². The molecule has 35 heavy (non-hydrogen) atoms. The number of nitrogens with zero attached hydrogens (tertiary/aromatic N) is 5. The summed E-state index contributed by atoms with van der Waals surface area (Å²) in [6.45, 7) is 5.78. The molecule has 1 spiro atoms. The molecule has 3 rings (SSSR count). The van der Waals surface area contributed by atoms with E-state index < -0.39 is 24.3 Å². The number of piperidine rings is 1. The zero-order valence-corrected chi connectivity index (χ0v) is 19.4. The van der Waals surface area contributed by atoms with E-state index in [1.165, 1.54) is 11.5 Å². The molecule has 2 amide bonds. The molecule has 1 aromatic rings. The molecule has 0 atom stereocenters. The Morgan fingerprint density at radius 3 is 1.74 bits per heavy atom. The number of hydrogen-bond donors (Lipinski definition) is 2. The van der Waals surface area contributed by atoms with Gasteiger partial charge in [-0.05, 0) is 26.8 Å². The molecule has 3 heterocycles. The number of carbonyl (C=O) groups excluding carboxylic acids is 1. The van der Waals surface area contributed by atoms with Gasteiger partial charge in [0, 0.05) is 52.2 Å². The lowest BCUT2D eigenvalue weighted by molar-refractivity contribution is -0.193. The minimum Gasteiger partial charge on any atom is -0.475 e. The van der Waals surface area contributed by atoms with Gasteiger partial charge in [0.15, 0.2) is 0 Å². The summed E-state index contributed by atoms with van der Waals surface area (Å²) in [6, 6.07) is 0.114. The number of imidazole rings is 1. The van der Waals surface area contributed by atoms with Crippen LogP contribution < -0.4 is 0 Å². The van der Waals surface area contributed by atoms with Gasteiger partial charge in [-0.25, -0.2) is 19.4 Å². The van der Waals surface area contributed by atoms with Crippen LogP contribution in [0.3, 0.4) is 0 Å². The Morgan fingerprint density at radius 2 is 1.37 bits per heavy atom. The Bertz CT molecular complexity index is 883. The predicted molar refractivity (Wildman–Crippen MR) is 109 cm³/mol. The van der Waals surface area contributed by atoms with E-state index in [0.717, 1.165) is 39.0 Å². The van der Waals surface area contributed by atoms with Crippen molar-refractivity contribution in [2.75, 3.05) is 40.8 Å². The molecular formula is C19H27F6N5O5. The van der Waals surface area contributed by atoms with E-state index in [-0.39, 0.29) is 11.6 Å². The van der Waals surface area contributed by atoms with Gasteiger partial charge in [-0.15, -0.1) is 0 Å². The van der Waals surface area contributed by atoms with Crippen LogP contribution in [0.2, 0.25) is 0 Å². The number of carboxylic acids is 2. The highest BCUT2D eigenvalue weighted by Gasteiger charge is 2.46. The normalized spacial score (nSPS) is 17.4. The van der Waals surface area contributed by atoms with Crippen LogP contribution in [-0.4, -0.2) is 106 Å². The molecule has 10 nitrogen and oxygen atoms in total. The quantitative estimate of drug-likeness (QED) is 0.505. The number of urea groups is 1. The Kier molecular flexibility index (Phi) is 9.54. The maximum atomic E-state index is 12.1.